The molecule has 1 aliphatic carbocycles. The summed E-state index contributed by atoms with van der Waals surface area (Å²) in [5.74, 6) is 0. The molecule has 1 fully saturated rings. The van der Waals surface area contributed by atoms with Crippen LogP contribution >= 0.6 is 11.8 Å². The highest BCUT2D eigenvalue weighted by atomic mass is 32.2. The zero-order chi connectivity index (χ0) is 12.7. The molecule has 2 aromatic rings. The van der Waals surface area contributed by atoms with Gasteiger partial charge in [-0.1, -0.05) is 0 Å². The molecule has 5 nitrogen and oxygen atoms in total. The number of aromatic amines is 1. The molecular weight excluding hydrogens is 248 g/mol. The molecular formula is C12H14N4OS. The molecule has 3 N–H and O–H groups in total. The zero-order valence-corrected chi connectivity index (χ0v) is 10.8. The molecule has 0 radical (unpaired) electrons. The summed E-state index contributed by atoms with van der Waals surface area (Å²) in [7, 11) is 0. The summed E-state index contributed by atoms with van der Waals surface area (Å²) in [6, 6.07) is 6.08. The van der Waals surface area contributed by atoms with Crippen LogP contribution < -0.4 is 11.4 Å². The highest BCUT2D eigenvalue weighted by Gasteiger charge is 2.28. The van der Waals surface area contributed by atoms with E-state index < -0.39 is 0 Å². The van der Waals surface area contributed by atoms with E-state index in [0.717, 1.165) is 34.1 Å². The smallest absolute Gasteiger partial charge is 0.344 e. The van der Waals surface area contributed by atoms with Crippen LogP contribution in [0.15, 0.2) is 33.0 Å². The summed E-state index contributed by atoms with van der Waals surface area (Å²) in [5.41, 5.74) is 7.45. The lowest BCUT2D eigenvalue weighted by Gasteiger charge is -2.06. The Labute approximate surface area is 108 Å². The van der Waals surface area contributed by atoms with Gasteiger partial charge in [0.2, 0.25) is 0 Å². The van der Waals surface area contributed by atoms with Gasteiger partial charge >= 0.3 is 5.69 Å². The van der Waals surface area contributed by atoms with Gasteiger partial charge in [0.1, 0.15) is 0 Å². The Morgan fingerprint density at radius 3 is 2.94 bits per heavy atom. The fraction of sp³-hybridized carbons (Fsp3) is 0.333. The van der Waals surface area contributed by atoms with Crippen molar-refractivity contribution in [2.75, 3.05) is 5.73 Å². The maximum Gasteiger partial charge on any atom is 0.344 e. The van der Waals surface area contributed by atoms with Crippen molar-refractivity contribution in [2.45, 2.75) is 35.9 Å². The topological polar surface area (TPSA) is 76.7 Å². The Hall–Kier alpha value is -1.69. The van der Waals surface area contributed by atoms with Gasteiger partial charge in [-0.2, -0.15) is 0 Å². The highest BCUT2D eigenvalue weighted by Crippen LogP contribution is 2.38. The first-order valence-corrected chi connectivity index (χ1v) is 6.67. The van der Waals surface area contributed by atoms with Crippen molar-refractivity contribution in [3.63, 3.8) is 0 Å². The van der Waals surface area contributed by atoms with Crippen molar-refractivity contribution in [3.05, 3.63) is 34.2 Å². The minimum atomic E-state index is -0.118. The number of hydrogen-bond acceptors (Lipinski definition) is 4. The second kappa shape index (κ2) is 4.20. The third-order valence-electron chi connectivity index (χ3n) is 2.98. The van der Waals surface area contributed by atoms with Crippen molar-refractivity contribution in [3.8, 4) is 0 Å². The Morgan fingerprint density at radius 1 is 1.50 bits per heavy atom. The molecule has 0 atom stereocenters. The summed E-state index contributed by atoms with van der Waals surface area (Å²) < 4.78 is 1.75. The molecule has 94 valence electrons. The van der Waals surface area contributed by atoms with E-state index in [1.807, 2.05) is 25.1 Å². The van der Waals surface area contributed by atoms with Crippen LogP contribution in [0.2, 0.25) is 0 Å². The first-order valence-electron chi connectivity index (χ1n) is 5.86. The van der Waals surface area contributed by atoms with Gasteiger partial charge in [-0.25, -0.2) is 9.89 Å². The zero-order valence-electron chi connectivity index (χ0n) is 10.0. The van der Waals surface area contributed by atoms with Gasteiger partial charge in [-0.05, 0) is 55.3 Å². The van der Waals surface area contributed by atoms with Crippen molar-refractivity contribution in [1.82, 2.24) is 14.8 Å². The molecule has 1 aromatic heterocycles. The molecule has 6 heteroatoms. The number of nitrogen functional groups attached to an aromatic ring is 1. The number of nitrogens with zero attached hydrogens (tertiary/aromatic N) is 2. The maximum absolute atomic E-state index is 11.7. The number of benzene rings is 1. The summed E-state index contributed by atoms with van der Waals surface area (Å²) in [6.07, 6.45) is 2.13. The standard InChI is InChI=1S/C12H14N4OS/c1-7-6-8(13)2-5-10(7)18-12-15-14-11(17)16(12)9-3-4-9/h2,5-6,9H,3-4,13H2,1H3,(H,14,17). The molecule has 1 saturated carbocycles. The second-order valence-corrected chi connectivity index (χ2v) is 5.55. The molecule has 0 saturated heterocycles. The second-order valence-electron chi connectivity index (χ2n) is 4.54. The van der Waals surface area contributed by atoms with Crippen LogP contribution in [0.3, 0.4) is 0 Å². The average Bonchev–Trinajstić information content (AvgIpc) is 3.08. The third-order valence-corrected chi connectivity index (χ3v) is 4.13. The van der Waals surface area contributed by atoms with E-state index in [1.165, 1.54) is 11.8 Å². The monoisotopic (exact) mass is 262 g/mol. The normalized spacial score (nSPS) is 14.9. The van der Waals surface area contributed by atoms with Crippen molar-refractivity contribution < 1.29 is 0 Å². The van der Waals surface area contributed by atoms with Gasteiger partial charge in [0, 0.05) is 16.6 Å². The fourth-order valence-electron chi connectivity index (χ4n) is 1.90. The molecule has 18 heavy (non-hydrogen) atoms. The average molecular weight is 262 g/mol. The van der Waals surface area contributed by atoms with Crippen molar-refractivity contribution >= 4 is 17.4 Å². The molecule has 0 aliphatic heterocycles. The number of hydrogen-bond donors (Lipinski definition) is 2. The predicted molar refractivity (Wildman–Crippen MR) is 70.8 cm³/mol. The van der Waals surface area contributed by atoms with E-state index in [-0.39, 0.29) is 5.69 Å². The SMILES string of the molecule is Cc1cc(N)ccc1Sc1n[nH]c(=O)n1C1CC1. The lowest BCUT2D eigenvalue weighted by molar-refractivity contribution is 0.642. The molecule has 1 aromatic carbocycles. The first kappa shape index (κ1) is 11.4. The predicted octanol–water partition coefficient (Wildman–Crippen LogP) is 1.95. The first-order chi connectivity index (χ1) is 8.65. The molecule has 0 bridgehead atoms. The highest BCUT2D eigenvalue weighted by molar-refractivity contribution is 7.99. The van der Waals surface area contributed by atoms with Crippen LogP contribution in [-0.4, -0.2) is 14.8 Å². The van der Waals surface area contributed by atoms with E-state index in [2.05, 4.69) is 10.2 Å². The van der Waals surface area contributed by atoms with Crippen LogP contribution in [0.4, 0.5) is 5.69 Å². The van der Waals surface area contributed by atoms with Crippen LogP contribution in [0.5, 0.6) is 0 Å². The van der Waals surface area contributed by atoms with E-state index in [0.29, 0.717) is 6.04 Å². The molecule has 1 aliphatic rings. The number of rotatable bonds is 3. The Kier molecular flexibility index (Phi) is 2.66. The van der Waals surface area contributed by atoms with Crippen LogP contribution in [0, 0.1) is 6.92 Å². The van der Waals surface area contributed by atoms with Crippen LogP contribution in [0.1, 0.15) is 24.4 Å². The number of nitrogens with one attached hydrogen (secondary N) is 1. The van der Waals surface area contributed by atoms with Gasteiger partial charge < -0.3 is 5.73 Å². The lowest BCUT2D eigenvalue weighted by Crippen LogP contribution is -2.16. The number of aryl methyl sites for hydroxylation is 1. The van der Waals surface area contributed by atoms with Gasteiger partial charge in [-0.3, -0.25) is 4.57 Å². The van der Waals surface area contributed by atoms with Crippen molar-refractivity contribution in [1.29, 1.82) is 0 Å². The minimum absolute atomic E-state index is 0.118. The third kappa shape index (κ3) is 2.03. The number of H-pyrrole nitrogens is 1. The summed E-state index contributed by atoms with van der Waals surface area (Å²) in [6.45, 7) is 2.00. The van der Waals surface area contributed by atoms with Crippen LogP contribution in [0.25, 0.3) is 0 Å². The quantitative estimate of drug-likeness (QED) is 0.829. The lowest BCUT2D eigenvalue weighted by atomic mass is 10.2. The van der Waals surface area contributed by atoms with Gasteiger partial charge in [-0.15, -0.1) is 5.10 Å². The van der Waals surface area contributed by atoms with Crippen molar-refractivity contribution in [2.24, 2.45) is 0 Å². The Bertz CT molecular complexity index is 642. The maximum atomic E-state index is 11.7. The molecule has 3 rings (SSSR count). The molecule has 0 amide bonds. The molecule has 0 spiro atoms. The van der Waals surface area contributed by atoms with E-state index in [1.54, 1.807) is 4.57 Å². The van der Waals surface area contributed by atoms with Gasteiger partial charge in [0.25, 0.3) is 0 Å². The van der Waals surface area contributed by atoms with Gasteiger partial charge in [0.05, 0.1) is 0 Å². The summed E-state index contributed by atoms with van der Waals surface area (Å²) in [5, 5.41) is 7.35. The van der Waals surface area contributed by atoms with E-state index in [9.17, 15) is 4.79 Å². The fourth-order valence-corrected chi connectivity index (χ4v) is 2.88. The Balaban J connectivity index is 1.94. The van der Waals surface area contributed by atoms with E-state index >= 15 is 0 Å². The molecule has 1 heterocycles. The summed E-state index contributed by atoms with van der Waals surface area (Å²) in [4.78, 5) is 12.7. The number of nitrogens with two attached hydrogens (primary N) is 1. The minimum Gasteiger partial charge on any atom is -0.399 e. The number of anilines is 1. The summed E-state index contributed by atoms with van der Waals surface area (Å²) >= 11 is 1.50. The van der Waals surface area contributed by atoms with E-state index in [4.69, 9.17) is 5.73 Å². The van der Waals surface area contributed by atoms with Gasteiger partial charge in [0.15, 0.2) is 5.16 Å². The molecule has 0 unspecified atom stereocenters. The number of aromatic nitrogens is 3. The van der Waals surface area contributed by atoms with Crippen LogP contribution in [-0.2, 0) is 0 Å². The Morgan fingerprint density at radius 2 is 2.28 bits per heavy atom. The largest absolute Gasteiger partial charge is 0.399 e.